The Labute approximate surface area is 140 Å². The third kappa shape index (κ3) is 4.38. The van der Waals surface area contributed by atoms with Gasteiger partial charge in [0, 0.05) is 19.6 Å². The van der Waals surface area contributed by atoms with Crippen LogP contribution in [0.5, 0.6) is 11.5 Å². The number of carbonyl (C=O) groups is 2. The van der Waals surface area contributed by atoms with Crippen molar-refractivity contribution in [2.45, 2.75) is 25.8 Å². The predicted molar refractivity (Wildman–Crippen MR) is 85.7 cm³/mol. The second-order valence-electron chi connectivity index (χ2n) is 5.90. The quantitative estimate of drug-likeness (QED) is 0.842. The van der Waals surface area contributed by atoms with Gasteiger partial charge in [0.15, 0.2) is 11.5 Å². The first-order valence-corrected chi connectivity index (χ1v) is 8.23. The van der Waals surface area contributed by atoms with Crippen LogP contribution in [0.3, 0.4) is 0 Å². The number of carbonyl (C=O) groups excluding carboxylic acids is 2. The first-order chi connectivity index (χ1) is 11.7. The number of rotatable bonds is 6. The first-order valence-electron chi connectivity index (χ1n) is 8.23. The van der Waals surface area contributed by atoms with Crippen LogP contribution >= 0.6 is 0 Å². The number of ether oxygens (including phenoxy) is 3. The van der Waals surface area contributed by atoms with Gasteiger partial charge in [-0.3, -0.25) is 9.59 Å². The van der Waals surface area contributed by atoms with Gasteiger partial charge in [0.25, 0.3) is 0 Å². The van der Waals surface area contributed by atoms with Crippen molar-refractivity contribution in [1.82, 2.24) is 10.2 Å². The molecular formula is C17H22N2O5. The van der Waals surface area contributed by atoms with E-state index in [2.05, 4.69) is 5.32 Å². The van der Waals surface area contributed by atoms with E-state index < -0.39 is 0 Å². The molecule has 0 bridgehead atoms. The molecule has 0 saturated carbocycles. The summed E-state index contributed by atoms with van der Waals surface area (Å²) in [5.41, 5.74) is 0.914. The summed E-state index contributed by atoms with van der Waals surface area (Å²) in [6, 6.07) is 5.52. The highest BCUT2D eigenvalue weighted by molar-refractivity contribution is 5.79. The molecule has 1 N–H and O–H groups in total. The number of fused-ring (bicyclic) bond motifs is 1. The Balaban J connectivity index is 1.34. The fourth-order valence-electron chi connectivity index (χ4n) is 2.77. The van der Waals surface area contributed by atoms with Crippen LogP contribution in [0.15, 0.2) is 18.2 Å². The van der Waals surface area contributed by atoms with Crippen molar-refractivity contribution in [2.75, 3.05) is 33.1 Å². The Morgan fingerprint density at radius 3 is 2.71 bits per heavy atom. The van der Waals surface area contributed by atoms with Gasteiger partial charge in [-0.15, -0.1) is 0 Å². The molecule has 2 heterocycles. The van der Waals surface area contributed by atoms with Crippen LogP contribution in [0.2, 0.25) is 0 Å². The van der Waals surface area contributed by atoms with E-state index in [0.29, 0.717) is 18.0 Å². The van der Waals surface area contributed by atoms with Gasteiger partial charge in [-0.2, -0.15) is 0 Å². The molecule has 0 aliphatic carbocycles. The molecule has 0 atom stereocenters. The highest BCUT2D eigenvalue weighted by atomic mass is 16.7. The first kappa shape index (κ1) is 16.6. The fourth-order valence-corrected chi connectivity index (χ4v) is 2.77. The third-order valence-corrected chi connectivity index (χ3v) is 4.09. The summed E-state index contributed by atoms with van der Waals surface area (Å²) < 4.78 is 15.8. The average molecular weight is 334 g/mol. The molecule has 0 unspecified atom stereocenters. The van der Waals surface area contributed by atoms with Crippen molar-refractivity contribution in [3.8, 4) is 11.5 Å². The van der Waals surface area contributed by atoms with Crippen LogP contribution in [-0.2, 0) is 20.9 Å². The molecule has 3 rings (SSSR count). The number of piperidine rings is 1. The lowest BCUT2D eigenvalue weighted by Crippen LogP contribution is -2.38. The summed E-state index contributed by atoms with van der Waals surface area (Å²) >= 11 is 0. The number of hydrogen-bond acceptors (Lipinski definition) is 5. The number of hydrogen-bond donors (Lipinski definition) is 1. The number of likely N-dealkylation sites (tertiary alicyclic amines) is 1. The molecule has 2 aliphatic rings. The van der Waals surface area contributed by atoms with Gasteiger partial charge >= 0.3 is 0 Å². The Hall–Kier alpha value is -2.28. The fraction of sp³-hybridized carbons (Fsp3) is 0.529. The molecule has 0 spiro atoms. The second-order valence-corrected chi connectivity index (χ2v) is 5.90. The van der Waals surface area contributed by atoms with E-state index >= 15 is 0 Å². The van der Waals surface area contributed by atoms with Gasteiger partial charge in [0.2, 0.25) is 18.6 Å². The van der Waals surface area contributed by atoms with Gasteiger partial charge < -0.3 is 24.4 Å². The van der Waals surface area contributed by atoms with Crippen molar-refractivity contribution in [2.24, 2.45) is 0 Å². The normalized spacial score (nSPS) is 16.1. The summed E-state index contributed by atoms with van der Waals surface area (Å²) in [6.45, 7) is 2.02. The van der Waals surface area contributed by atoms with Crippen LogP contribution in [0.25, 0.3) is 0 Å². The second kappa shape index (κ2) is 8.01. The minimum atomic E-state index is -0.251. The highest BCUT2D eigenvalue weighted by Gasteiger charge is 2.17. The lowest BCUT2D eigenvalue weighted by atomic mass is 10.1. The standard InChI is InChI=1S/C17H22N2O5/c20-16(10-22-11-17(21)19-6-2-1-3-7-19)18-9-13-4-5-14-15(8-13)24-12-23-14/h4-5,8H,1-3,6-7,9-12H2,(H,18,20). The molecule has 1 fully saturated rings. The summed E-state index contributed by atoms with van der Waals surface area (Å²) in [5, 5.41) is 2.76. The topological polar surface area (TPSA) is 77.1 Å². The molecule has 24 heavy (non-hydrogen) atoms. The molecule has 7 heteroatoms. The van der Waals surface area contributed by atoms with Crippen LogP contribution in [0.1, 0.15) is 24.8 Å². The highest BCUT2D eigenvalue weighted by Crippen LogP contribution is 2.32. The third-order valence-electron chi connectivity index (χ3n) is 4.09. The van der Waals surface area contributed by atoms with E-state index in [4.69, 9.17) is 14.2 Å². The SMILES string of the molecule is O=C(COCC(=O)N1CCCCC1)NCc1ccc2c(c1)OCO2. The molecule has 2 amide bonds. The Kier molecular flexibility index (Phi) is 5.53. The zero-order chi connectivity index (χ0) is 16.8. The maximum Gasteiger partial charge on any atom is 0.248 e. The molecule has 130 valence electrons. The van der Waals surface area contributed by atoms with Gasteiger partial charge in [-0.05, 0) is 37.0 Å². The van der Waals surface area contributed by atoms with Gasteiger partial charge in [-0.1, -0.05) is 6.07 Å². The lowest BCUT2D eigenvalue weighted by Gasteiger charge is -2.26. The smallest absolute Gasteiger partial charge is 0.248 e. The zero-order valence-electron chi connectivity index (χ0n) is 13.6. The lowest BCUT2D eigenvalue weighted by molar-refractivity contribution is -0.139. The Morgan fingerprint density at radius 2 is 1.88 bits per heavy atom. The van der Waals surface area contributed by atoms with E-state index in [-0.39, 0.29) is 31.8 Å². The monoisotopic (exact) mass is 334 g/mol. The molecule has 0 radical (unpaired) electrons. The minimum Gasteiger partial charge on any atom is -0.454 e. The molecular weight excluding hydrogens is 312 g/mol. The van der Waals surface area contributed by atoms with Crippen molar-refractivity contribution in [1.29, 1.82) is 0 Å². The number of nitrogens with zero attached hydrogens (tertiary/aromatic N) is 1. The molecule has 0 aromatic heterocycles. The van der Waals surface area contributed by atoms with Crippen LogP contribution < -0.4 is 14.8 Å². The minimum absolute atomic E-state index is 0.0433. The molecule has 2 aliphatic heterocycles. The van der Waals surface area contributed by atoms with Crippen molar-refractivity contribution >= 4 is 11.8 Å². The largest absolute Gasteiger partial charge is 0.454 e. The van der Waals surface area contributed by atoms with Gasteiger partial charge in [0.1, 0.15) is 13.2 Å². The number of nitrogens with one attached hydrogen (secondary N) is 1. The summed E-state index contributed by atoms with van der Waals surface area (Å²) in [6.07, 6.45) is 3.26. The maximum atomic E-state index is 11.9. The van der Waals surface area contributed by atoms with E-state index in [1.165, 1.54) is 6.42 Å². The zero-order valence-corrected chi connectivity index (χ0v) is 13.6. The Morgan fingerprint density at radius 1 is 1.08 bits per heavy atom. The van der Waals surface area contributed by atoms with Gasteiger partial charge in [0.05, 0.1) is 0 Å². The van der Waals surface area contributed by atoms with E-state index in [1.807, 2.05) is 18.2 Å². The van der Waals surface area contributed by atoms with E-state index in [1.54, 1.807) is 4.90 Å². The molecule has 1 aromatic carbocycles. The summed E-state index contributed by atoms with van der Waals surface area (Å²) in [7, 11) is 0. The Bertz CT molecular complexity index is 599. The molecule has 7 nitrogen and oxygen atoms in total. The van der Waals surface area contributed by atoms with Crippen LogP contribution in [-0.4, -0.2) is 49.8 Å². The van der Waals surface area contributed by atoms with Crippen molar-refractivity contribution in [3.63, 3.8) is 0 Å². The predicted octanol–water partition coefficient (Wildman–Crippen LogP) is 1.06. The molecule has 1 saturated heterocycles. The van der Waals surface area contributed by atoms with Crippen LogP contribution in [0.4, 0.5) is 0 Å². The average Bonchev–Trinajstić information content (AvgIpc) is 3.08. The van der Waals surface area contributed by atoms with Gasteiger partial charge in [-0.25, -0.2) is 0 Å². The van der Waals surface area contributed by atoms with E-state index in [0.717, 1.165) is 31.5 Å². The number of amides is 2. The van der Waals surface area contributed by atoms with Crippen molar-refractivity contribution < 1.29 is 23.8 Å². The summed E-state index contributed by atoms with van der Waals surface area (Å²) in [4.78, 5) is 25.5. The molecule has 1 aromatic rings. The summed E-state index contributed by atoms with van der Waals surface area (Å²) in [5.74, 6) is 1.10. The van der Waals surface area contributed by atoms with Crippen molar-refractivity contribution in [3.05, 3.63) is 23.8 Å². The number of benzene rings is 1. The maximum absolute atomic E-state index is 11.9. The van der Waals surface area contributed by atoms with E-state index in [9.17, 15) is 9.59 Å². The van der Waals surface area contributed by atoms with Crippen LogP contribution in [0, 0.1) is 0 Å².